The molecule has 0 unspecified atom stereocenters. The van der Waals surface area contributed by atoms with E-state index in [2.05, 4.69) is 27.0 Å². The van der Waals surface area contributed by atoms with Crippen LogP contribution >= 0.6 is 0 Å². The smallest absolute Gasteiger partial charge is 0.146 e. The molecule has 0 bridgehead atoms. The molecule has 0 N–H and O–H groups in total. The maximum atomic E-state index is 6.34. The average molecular weight is 342 g/mol. The molecule has 25 heavy (non-hydrogen) atoms. The first kappa shape index (κ1) is 17.0. The van der Waals surface area contributed by atoms with Gasteiger partial charge in [-0.1, -0.05) is 12.2 Å². The van der Waals surface area contributed by atoms with Crippen LogP contribution in [0.5, 0.6) is 0 Å². The van der Waals surface area contributed by atoms with Crippen LogP contribution in [-0.2, 0) is 11.2 Å². The van der Waals surface area contributed by atoms with Crippen molar-refractivity contribution in [1.82, 2.24) is 14.9 Å². The van der Waals surface area contributed by atoms with Crippen molar-refractivity contribution >= 4 is 5.82 Å². The van der Waals surface area contributed by atoms with Crippen LogP contribution in [0.25, 0.3) is 0 Å². The first-order valence-electron chi connectivity index (χ1n) is 9.68. The van der Waals surface area contributed by atoms with E-state index in [1.807, 2.05) is 31.4 Å². The maximum absolute atomic E-state index is 6.34. The van der Waals surface area contributed by atoms with E-state index in [9.17, 15) is 0 Å². The molecule has 5 heteroatoms. The molecule has 0 spiro atoms. The molecule has 0 saturated carbocycles. The van der Waals surface area contributed by atoms with Gasteiger partial charge in [-0.25, -0.2) is 4.98 Å². The number of ether oxygens (including phenoxy) is 1. The van der Waals surface area contributed by atoms with E-state index in [4.69, 9.17) is 4.74 Å². The van der Waals surface area contributed by atoms with E-state index < -0.39 is 0 Å². The zero-order valence-corrected chi connectivity index (χ0v) is 15.5. The van der Waals surface area contributed by atoms with Crippen molar-refractivity contribution in [2.24, 2.45) is 11.8 Å². The number of fused-ring (bicyclic) bond motifs is 1. The van der Waals surface area contributed by atoms with Crippen molar-refractivity contribution < 1.29 is 4.74 Å². The maximum Gasteiger partial charge on any atom is 0.146 e. The van der Waals surface area contributed by atoms with Gasteiger partial charge in [0.2, 0.25) is 0 Å². The minimum atomic E-state index is 0.295. The first-order valence-corrected chi connectivity index (χ1v) is 9.68. The molecular formula is C20H30N4O. The Balaban J connectivity index is 1.27. The van der Waals surface area contributed by atoms with Crippen LogP contribution in [0.1, 0.15) is 31.4 Å². The Labute approximate surface area is 151 Å². The van der Waals surface area contributed by atoms with Gasteiger partial charge in [0.05, 0.1) is 24.1 Å². The molecule has 1 aromatic heterocycles. The predicted octanol–water partition coefficient (Wildman–Crippen LogP) is 2.53. The Morgan fingerprint density at radius 2 is 1.80 bits per heavy atom. The van der Waals surface area contributed by atoms with Gasteiger partial charge >= 0.3 is 0 Å². The second-order valence-corrected chi connectivity index (χ2v) is 8.11. The summed E-state index contributed by atoms with van der Waals surface area (Å²) in [5, 5.41) is 0. The van der Waals surface area contributed by atoms with Gasteiger partial charge < -0.3 is 14.5 Å². The molecule has 136 valence electrons. The van der Waals surface area contributed by atoms with Gasteiger partial charge in [0.15, 0.2) is 0 Å². The quantitative estimate of drug-likeness (QED) is 0.769. The predicted molar refractivity (Wildman–Crippen MR) is 99.8 cm³/mol. The van der Waals surface area contributed by atoms with Crippen LogP contribution < -0.4 is 4.90 Å². The lowest BCUT2D eigenvalue weighted by Crippen LogP contribution is -2.31. The molecule has 4 rings (SSSR count). The zero-order chi connectivity index (χ0) is 17.2. The third-order valence-corrected chi connectivity index (χ3v) is 5.92. The van der Waals surface area contributed by atoms with Gasteiger partial charge in [-0.2, -0.15) is 0 Å². The molecule has 4 atom stereocenters. The Kier molecular flexibility index (Phi) is 5.04. The van der Waals surface area contributed by atoms with Gasteiger partial charge in [-0.15, -0.1) is 0 Å². The molecule has 5 nitrogen and oxygen atoms in total. The summed E-state index contributed by atoms with van der Waals surface area (Å²) in [5.41, 5.74) is 1.04. The fraction of sp³-hybridized carbons (Fsp3) is 0.700. The van der Waals surface area contributed by atoms with Crippen LogP contribution in [0.3, 0.4) is 0 Å². The van der Waals surface area contributed by atoms with Crippen LogP contribution in [0, 0.1) is 11.8 Å². The van der Waals surface area contributed by atoms with Gasteiger partial charge in [0.25, 0.3) is 0 Å². The van der Waals surface area contributed by atoms with Crippen molar-refractivity contribution in [3.63, 3.8) is 0 Å². The normalized spacial score (nSPS) is 32.1. The number of hydrogen-bond acceptors (Lipinski definition) is 5. The number of aromatic nitrogens is 2. The Morgan fingerprint density at radius 1 is 1.08 bits per heavy atom. The number of rotatable bonds is 5. The first-order chi connectivity index (χ1) is 12.2. The lowest BCUT2D eigenvalue weighted by Gasteiger charge is -2.21. The Morgan fingerprint density at radius 3 is 2.52 bits per heavy atom. The lowest BCUT2D eigenvalue weighted by atomic mass is 9.86. The summed E-state index contributed by atoms with van der Waals surface area (Å²) >= 11 is 0. The summed E-state index contributed by atoms with van der Waals surface area (Å²) in [5.74, 6) is 2.68. The van der Waals surface area contributed by atoms with Crippen LogP contribution in [0.4, 0.5) is 5.82 Å². The monoisotopic (exact) mass is 342 g/mol. The van der Waals surface area contributed by atoms with E-state index >= 15 is 0 Å². The second kappa shape index (κ2) is 7.42. The van der Waals surface area contributed by atoms with E-state index in [0.29, 0.717) is 12.2 Å². The largest absolute Gasteiger partial charge is 0.373 e. The van der Waals surface area contributed by atoms with E-state index in [1.165, 1.54) is 32.4 Å². The molecule has 1 aliphatic carbocycles. The number of anilines is 1. The van der Waals surface area contributed by atoms with E-state index in [1.54, 1.807) is 0 Å². The van der Waals surface area contributed by atoms with Crippen molar-refractivity contribution in [1.29, 1.82) is 0 Å². The summed E-state index contributed by atoms with van der Waals surface area (Å²) in [7, 11) is 4.00. The summed E-state index contributed by atoms with van der Waals surface area (Å²) in [6, 6.07) is 0. The standard InChI is InChI=1S/C20H30N4O/c1-23(2)20-11-21-10-17(22-20)9-18-7-8-19(25-18)14-24-12-15-5-3-4-6-16(15)13-24/h3-4,10-11,15-16,18-19H,5-9,12-14H2,1-2H3/t15-,16+,18-,19+/m0/s1. The number of likely N-dealkylation sites (tertiary alicyclic amines) is 1. The Hall–Kier alpha value is -1.46. The van der Waals surface area contributed by atoms with E-state index in [0.717, 1.165) is 42.7 Å². The van der Waals surface area contributed by atoms with Gasteiger partial charge in [-0.05, 0) is 37.5 Å². The lowest BCUT2D eigenvalue weighted by molar-refractivity contribution is 0.0261. The molecule has 1 aromatic rings. The molecule has 3 aliphatic rings. The fourth-order valence-corrected chi connectivity index (χ4v) is 4.56. The van der Waals surface area contributed by atoms with Gasteiger partial charge in [0.1, 0.15) is 5.82 Å². The third kappa shape index (κ3) is 4.04. The van der Waals surface area contributed by atoms with E-state index in [-0.39, 0.29) is 0 Å². The summed E-state index contributed by atoms with van der Waals surface area (Å²) in [4.78, 5) is 13.6. The topological polar surface area (TPSA) is 41.5 Å². The van der Waals surface area contributed by atoms with Gasteiger partial charge in [0, 0.05) is 46.3 Å². The van der Waals surface area contributed by atoms with Crippen molar-refractivity contribution in [2.45, 2.75) is 44.3 Å². The Bertz CT molecular complexity index is 601. The number of nitrogens with zero attached hydrogens (tertiary/aromatic N) is 4. The van der Waals surface area contributed by atoms with Gasteiger partial charge in [-0.3, -0.25) is 4.98 Å². The SMILES string of the molecule is CN(C)c1cncc(C[C@@H]2CC[C@H](CN3C[C@H]4CC=CC[C@H]4C3)O2)n1. The van der Waals surface area contributed by atoms with Crippen LogP contribution in [0.2, 0.25) is 0 Å². The summed E-state index contributed by atoms with van der Waals surface area (Å²) in [6.45, 7) is 3.62. The minimum absolute atomic E-state index is 0.295. The molecule has 2 aliphatic heterocycles. The number of hydrogen-bond donors (Lipinski definition) is 0. The van der Waals surface area contributed by atoms with Crippen molar-refractivity contribution in [2.75, 3.05) is 38.6 Å². The number of allylic oxidation sites excluding steroid dienone is 2. The average Bonchev–Trinajstić information content (AvgIpc) is 3.21. The molecule has 0 radical (unpaired) electrons. The molecular weight excluding hydrogens is 312 g/mol. The molecule has 3 heterocycles. The second-order valence-electron chi connectivity index (χ2n) is 8.11. The highest BCUT2D eigenvalue weighted by molar-refractivity contribution is 5.33. The molecule has 0 aromatic carbocycles. The third-order valence-electron chi connectivity index (χ3n) is 5.92. The molecule has 0 amide bonds. The van der Waals surface area contributed by atoms with Crippen molar-refractivity contribution in [3.8, 4) is 0 Å². The summed E-state index contributed by atoms with van der Waals surface area (Å²) in [6.07, 6.45) is 14.9. The minimum Gasteiger partial charge on any atom is -0.373 e. The highest BCUT2D eigenvalue weighted by Gasteiger charge is 2.35. The highest BCUT2D eigenvalue weighted by atomic mass is 16.5. The van der Waals surface area contributed by atoms with Crippen LogP contribution in [0.15, 0.2) is 24.5 Å². The molecule has 2 saturated heterocycles. The molecule has 2 fully saturated rings. The van der Waals surface area contributed by atoms with Crippen molar-refractivity contribution in [3.05, 3.63) is 30.2 Å². The zero-order valence-electron chi connectivity index (χ0n) is 15.5. The summed E-state index contributed by atoms with van der Waals surface area (Å²) < 4.78 is 6.34. The fourth-order valence-electron chi connectivity index (χ4n) is 4.56. The highest BCUT2D eigenvalue weighted by Crippen LogP contribution is 2.34. The van der Waals surface area contributed by atoms with Crippen LogP contribution in [-0.4, -0.2) is 60.8 Å².